The highest BCUT2D eigenvalue weighted by Crippen LogP contribution is 2.07. The van der Waals surface area contributed by atoms with Crippen molar-refractivity contribution in [1.82, 2.24) is 5.32 Å². The molecule has 0 saturated heterocycles. The van der Waals surface area contributed by atoms with Crippen LogP contribution in [0.15, 0.2) is 0 Å². The summed E-state index contributed by atoms with van der Waals surface area (Å²) in [6, 6.07) is 0. The second kappa shape index (κ2) is 15.2. The van der Waals surface area contributed by atoms with Crippen LogP contribution in [0.4, 0.5) is 0 Å². The molecule has 0 spiro atoms. The number of nitrogens with one attached hydrogen (secondary N) is 1. The van der Waals surface area contributed by atoms with Gasteiger partial charge >= 0.3 is 0 Å². The molecule has 0 saturated carbocycles. The van der Waals surface area contributed by atoms with Crippen molar-refractivity contribution in [3.63, 3.8) is 0 Å². The summed E-state index contributed by atoms with van der Waals surface area (Å²) < 4.78 is 0. The lowest BCUT2D eigenvalue weighted by Crippen LogP contribution is -2.22. The monoisotopic (exact) mass is 400 g/mol. The summed E-state index contributed by atoms with van der Waals surface area (Å²) in [5.74, 6) is -1.28. The van der Waals surface area contributed by atoms with Crippen LogP contribution in [0.5, 0.6) is 0 Å². The average molecular weight is 401 g/mol. The van der Waals surface area contributed by atoms with E-state index in [1.807, 2.05) is 0 Å². The van der Waals surface area contributed by atoms with E-state index < -0.39 is 5.91 Å². The number of hydrogen-bond donors (Lipinski definition) is 1. The van der Waals surface area contributed by atoms with Crippen molar-refractivity contribution in [2.45, 2.75) is 71.1 Å². The quantitative estimate of drug-likeness (QED) is 0.374. The van der Waals surface area contributed by atoms with Crippen LogP contribution in [0.1, 0.15) is 71.1 Å². The number of Topliss-reactive ketones (excluding diaryl/α,β-unsaturated/α-hetero) is 5. The summed E-state index contributed by atoms with van der Waals surface area (Å²) in [4.78, 5) is 68.6. The van der Waals surface area contributed by atoms with E-state index in [1.54, 1.807) is 6.92 Å². The standard InChI is InChI=1S/C19H27ClNO6/c1-2-14(22)3-4-15(23)5-6-16(24)7-8-17(25)9-10-18(26)11-12-21-19(27)13-20/h12H,2-11,13H2,1H3,(H,21,27). The Labute approximate surface area is 164 Å². The molecular weight excluding hydrogens is 374 g/mol. The van der Waals surface area contributed by atoms with Gasteiger partial charge in [-0.2, -0.15) is 0 Å². The van der Waals surface area contributed by atoms with Gasteiger partial charge in [0.25, 0.3) is 0 Å². The molecule has 1 amide bonds. The van der Waals surface area contributed by atoms with Crippen molar-refractivity contribution in [1.29, 1.82) is 0 Å². The normalized spacial score (nSPS) is 10.3. The second-order valence-electron chi connectivity index (χ2n) is 6.16. The highest BCUT2D eigenvalue weighted by Gasteiger charge is 2.12. The fourth-order valence-corrected chi connectivity index (χ4v) is 2.16. The third kappa shape index (κ3) is 14.9. The first kappa shape index (κ1) is 25.1. The third-order valence-electron chi connectivity index (χ3n) is 3.84. The van der Waals surface area contributed by atoms with Crippen LogP contribution in [0.2, 0.25) is 0 Å². The van der Waals surface area contributed by atoms with Crippen molar-refractivity contribution in [2.24, 2.45) is 0 Å². The summed E-state index contributed by atoms with van der Waals surface area (Å²) >= 11 is 5.28. The Kier molecular flexibility index (Phi) is 14.1. The molecule has 0 heterocycles. The van der Waals surface area contributed by atoms with E-state index in [9.17, 15) is 28.8 Å². The topological polar surface area (TPSA) is 114 Å². The van der Waals surface area contributed by atoms with Crippen molar-refractivity contribution < 1.29 is 28.8 Å². The number of halogens is 1. The summed E-state index contributed by atoms with van der Waals surface area (Å²) in [5, 5.41) is 2.34. The van der Waals surface area contributed by atoms with Gasteiger partial charge in [0.1, 0.15) is 34.8 Å². The van der Waals surface area contributed by atoms with Crippen LogP contribution in [0, 0.1) is 6.54 Å². The fourth-order valence-electron chi connectivity index (χ4n) is 2.09. The lowest BCUT2D eigenvalue weighted by Gasteiger charge is -2.03. The van der Waals surface area contributed by atoms with Crippen molar-refractivity contribution in [3.8, 4) is 0 Å². The lowest BCUT2D eigenvalue weighted by atomic mass is 10.0. The van der Waals surface area contributed by atoms with Crippen LogP contribution in [0.25, 0.3) is 0 Å². The van der Waals surface area contributed by atoms with E-state index >= 15 is 0 Å². The van der Waals surface area contributed by atoms with Crippen LogP contribution in [0.3, 0.4) is 0 Å². The first-order chi connectivity index (χ1) is 12.8. The van der Waals surface area contributed by atoms with Gasteiger partial charge in [-0.05, 0) is 0 Å². The summed E-state index contributed by atoms with van der Waals surface area (Å²) in [7, 11) is 0. The molecule has 0 atom stereocenters. The summed E-state index contributed by atoms with van der Waals surface area (Å²) in [6.07, 6.45) is 1.12. The number of hydrogen-bond acceptors (Lipinski definition) is 6. The first-order valence-corrected chi connectivity index (χ1v) is 9.57. The molecule has 1 N–H and O–H groups in total. The van der Waals surface area contributed by atoms with Gasteiger partial charge in [-0.1, -0.05) is 6.92 Å². The molecule has 0 aliphatic carbocycles. The minimum absolute atomic E-state index is 0.0114. The number of amides is 1. The second-order valence-corrected chi connectivity index (χ2v) is 6.42. The lowest BCUT2D eigenvalue weighted by molar-refractivity contribution is -0.127. The maximum absolute atomic E-state index is 11.7. The van der Waals surface area contributed by atoms with E-state index in [-0.39, 0.29) is 92.6 Å². The minimum atomic E-state index is -0.408. The van der Waals surface area contributed by atoms with Crippen LogP contribution < -0.4 is 5.32 Å². The Hall–Kier alpha value is -1.89. The molecule has 151 valence electrons. The molecule has 0 aliphatic rings. The van der Waals surface area contributed by atoms with E-state index in [2.05, 4.69) is 5.32 Å². The number of carbonyl (C=O) groups is 6. The van der Waals surface area contributed by atoms with Crippen molar-refractivity contribution >= 4 is 46.4 Å². The van der Waals surface area contributed by atoms with E-state index in [4.69, 9.17) is 11.6 Å². The minimum Gasteiger partial charge on any atom is -0.350 e. The smallest absolute Gasteiger partial charge is 0.235 e. The fraction of sp³-hybridized carbons (Fsp3) is 0.632. The molecule has 1 radical (unpaired) electrons. The molecule has 0 rings (SSSR count). The van der Waals surface area contributed by atoms with Gasteiger partial charge in [-0.3, -0.25) is 28.8 Å². The Morgan fingerprint density at radius 3 is 1.41 bits per heavy atom. The van der Waals surface area contributed by atoms with E-state index in [1.165, 1.54) is 6.54 Å². The Morgan fingerprint density at radius 1 is 0.667 bits per heavy atom. The number of alkyl halides is 1. The van der Waals surface area contributed by atoms with Crippen molar-refractivity contribution in [2.75, 3.05) is 5.88 Å². The molecule has 0 aromatic heterocycles. The summed E-state index contributed by atoms with van der Waals surface area (Å²) in [5.41, 5.74) is 0. The van der Waals surface area contributed by atoms with Crippen LogP contribution >= 0.6 is 11.6 Å². The molecule has 0 unspecified atom stereocenters. The molecule has 8 heteroatoms. The Morgan fingerprint density at radius 2 is 1.04 bits per heavy atom. The van der Waals surface area contributed by atoms with Gasteiger partial charge < -0.3 is 5.32 Å². The zero-order chi connectivity index (χ0) is 20.7. The first-order valence-electron chi connectivity index (χ1n) is 9.04. The third-order valence-corrected chi connectivity index (χ3v) is 4.08. The van der Waals surface area contributed by atoms with E-state index in [0.29, 0.717) is 6.42 Å². The maximum atomic E-state index is 11.7. The van der Waals surface area contributed by atoms with Crippen molar-refractivity contribution in [3.05, 3.63) is 6.54 Å². The van der Waals surface area contributed by atoms with Gasteiger partial charge in [0, 0.05) is 64.2 Å². The molecule has 7 nitrogen and oxygen atoms in total. The molecule has 27 heavy (non-hydrogen) atoms. The van der Waals surface area contributed by atoms with Gasteiger partial charge in [0.05, 0.1) is 6.54 Å². The SMILES string of the molecule is CCC(=O)CCC(=O)CCC(=O)CCC(=O)CCC(=O)C[CH]NC(=O)CCl. The average Bonchev–Trinajstić information content (AvgIpc) is 2.66. The molecular formula is C19H27ClNO6. The zero-order valence-electron chi connectivity index (χ0n) is 15.7. The van der Waals surface area contributed by atoms with Gasteiger partial charge in [0.2, 0.25) is 5.91 Å². The molecule has 0 aliphatic heterocycles. The molecule has 0 bridgehead atoms. The molecule has 0 aromatic rings. The molecule has 0 fully saturated rings. The number of ketones is 5. The Balaban J connectivity index is 3.80. The van der Waals surface area contributed by atoms with Crippen LogP contribution in [-0.2, 0) is 28.8 Å². The highest BCUT2D eigenvalue weighted by molar-refractivity contribution is 6.27. The molecule has 0 aromatic carbocycles. The predicted molar refractivity (Wildman–Crippen MR) is 100 cm³/mol. The van der Waals surface area contributed by atoms with E-state index in [0.717, 1.165) is 0 Å². The predicted octanol–water partition coefficient (Wildman–Crippen LogP) is 2.27. The Bertz CT molecular complexity index is 558. The summed E-state index contributed by atoms with van der Waals surface area (Å²) in [6.45, 7) is 3.03. The number of rotatable bonds is 17. The largest absolute Gasteiger partial charge is 0.350 e. The van der Waals surface area contributed by atoms with Crippen LogP contribution in [-0.4, -0.2) is 40.7 Å². The maximum Gasteiger partial charge on any atom is 0.235 e. The number of carbonyl (C=O) groups excluding carboxylic acids is 6. The van der Waals surface area contributed by atoms with Gasteiger partial charge in [-0.25, -0.2) is 0 Å². The van der Waals surface area contributed by atoms with Gasteiger partial charge in [0.15, 0.2) is 0 Å². The zero-order valence-corrected chi connectivity index (χ0v) is 16.4. The van der Waals surface area contributed by atoms with Gasteiger partial charge in [-0.15, -0.1) is 11.6 Å². The highest BCUT2D eigenvalue weighted by atomic mass is 35.5.